The zero-order valence-corrected chi connectivity index (χ0v) is 15.4. The Morgan fingerprint density at radius 2 is 1.83 bits per heavy atom. The number of esters is 1. The highest BCUT2D eigenvalue weighted by atomic mass is 19.1. The minimum atomic E-state index is -1.24. The Labute approximate surface area is 165 Å². The molecule has 3 rings (SSSR count). The molecule has 1 aromatic heterocycles. The largest absolute Gasteiger partial charge is 0.486 e. The third-order valence-electron chi connectivity index (χ3n) is 3.83. The van der Waals surface area contributed by atoms with Crippen LogP contribution in [-0.2, 0) is 16.1 Å². The lowest BCUT2D eigenvalue weighted by Gasteiger charge is -2.13. The first-order chi connectivity index (χ1) is 13.9. The van der Waals surface area contributed by atoms with Crippen LogP contribution in [0.2, 0.25) is 0 Å². The number of benzene rings is 2. The first kappa shape index (κ1) is 20.1. The van der Waals surface area contributed by atoms with Crippen LogP contribution in [0.1, 0.15) is 23.2 Å². The summed E-state index contributed by atoms with van der Waals surface area (Å²) in [7, 11) is 0. The predicted molar refractivity (Wildman–Crippen MR) is 99.3 cm³/mol. The summed E-state index contributed by atoms with van der Waals surface area (Å²) in [4.78, 5) is 24.2. The molecular formula is C21H17F2NO5. The van der Waals surface area contributed by atoms with Crippen LogP contribution in [0, 0.1) is 11.6 Å². The molecule has 0 aliphatic heterocycles. The molecule has 0 aliphatic carbocycles. The number of amides is 1. The molecule has 0 fully saturated rings. The summed E-state index contributed by atoms with van der Waals surface area (Å²) >= 11 is 0. The third-order valence-corrected chi connectivity index (χ3v) is 3.83. The molecule has 150 valence electrons. The molecule has 0 unspecified atom stereocenters. The van der Waals surface area contributed by atoms with Crippen molar-refractivity contribution in [1.29, 1.82) is 0 Å². The zero-order chi connectivity index (χ0) is 20.8. The average molecular weight is 401 g/mol. The molecule has 1 N–H and O–H groups in total. The number of ether oxygens (including phenoxy) is 2. The normalized spacial score (nSPS) is 11.6. The lowest BCUT2D eigenvalue weighted by atomic mass is 10.2. The molecule has 1 heterocycles. The van der Waals surface area contributed by atoms with Crippen LogP contribution in [0.5, 0.6) is 5.75 Å². The van der Waals surface area contributed by atoms with Crippen molar-refractivity contribution in [2.45, 2.75) is 19.6 Å². The van der Waals surface area contributed by atoms with Crippen molar-refractivity contribution in [3.05, 3.63) is 83.8 Å². The number of para-hydroxylation sites is 1. The van der Waals surface area contributed by atoms with Gasteiger partial charge in [0.05, 0.1) is 5.69 Å². The van der Waals surface area contributed by atoms with Crippen molar-refractivity contribution < 1.29 is 32.3 Å². The molecule has 0 bridgehead atoms. The van der Waals surface area contributed by atoms with E-state index in [9.17, 15) is 18.4 Å². The number of anilines is 1. The number of halogens is 2. The minimum Gasteiger partial charge on any atom is -0.486 e. The Hall–Kier alpha value is -3.68. The molecule has 0 saturated heterocycles. The van der Waals surface area contributed by atoms with Crippen LogP contribution in [0.25, 0.3) is 0 Å². The first-order valence-electron chi connectivity index (χ1n) is 8.66. The topological polar surface area (TPSA) is 77.8 Å². The molecule has 3 aromatic rings. The van der Waals surface area contributed by atoms with Crippen LogP contribution < -0.4 is 10.1 Å². The number of nitrogens with one attached hydrogen (secondary N) is 1. The summed E-state index contributed by atoms with van der Waals surface area (Å²) in [6.07, 6.45) is -1.24. The van der Waals surface area contributed by atoms with Crippen LogP contribution in [0.3, 0.4) is 0 Å². The number of carbonyl (C=O) groups is 2. The van der Waals surface area contributed by atoms with E-state index in [-0.39, 0.29) is 18.1 Å². The van der Waals surface area contributed by atoms with Crippen molar-refractivity contribution in [3.63, 3.8) is 0 Å². The number of hydrogen-bond acceptors (Lipinski definition) is 5. The Morgan fingerprint density at radius 3 is 2.55 bits per heavy atom. The van der Waals surface area contributed by atoms with Gasteiger partial charge in [-0.3, -0.25) is 4.79 Å². The van der Waals surface area contributed by atoms with Gasteiger partial charge < -0.3 is 19.2 Å². The van der Waals surface area contributed by atoms with Crippen molar-refractivity contribution >= 4 is 17.6 Å². The van der Waals surface area contributed by atoms with Gasteiger partial charge in [-0.25, -0.2) is 13.6 Å². The molecule has 8 heteroatoms. The van der Waals surface area contributed by atoms with E-state index in [2.05, 4.69) is 5.32 Å². The van der Waals surface area contributed by atoms with Gasteiger partial charge in [-0.2, -0.15) is 0 Å². The fraction of sp³-hybridized carbons (Fsp3) is 0.143. The Bertz CT molecular complexity index is 1000. The van der Waals surface area contributed by atoms with Crippen molar-refractivity contribution in [3.8, 4) is 5.75 Å². The van der Waals surface area contributed by atoms with Gasteiger partial charge >= 0.3 is 5.97 Å². The molecule has 1 atom stereocenters. The van der Waals surface area contributed by atoms with Crippen molar-refractivity contribution in [1.82, 2.24) is 0 Å². The van der Waals surface area contributed by atoms with Crippen molar-refractivity contribution in [2.24, 2.45) is 0 Å². The van der Waals surface area contributed by atoms with E-state index >= 15 is 0 Å². The van der Waals surface area contributed by atoms with Gasteiger partial charge in [0.1, 0.15) is 29.8 Å². The molecular weight excluding hydrogens is 384 g/mol. The fourth-order valence-corrected chi connectivity index (χ4v) is 2.33. The number of furan rings is 1. The number of rotatable bonds is 7. The third kappa shape index (κ3) is 5.41. The highest BCUT2D eigenvalue weighted by Gasteiger charge is 2.22. The van der Waals surface area contributed by atoms with E-state index in [0.29, 0.717) is 17.6 Å². The summed E-state index contributed by atoms with van der Waals surface area (Å²) in [5.74, 6) is -2.42. The second-order valence-electron chi connectivity index (χ2n) is 6.03. The van der Waals surface area contributed by atoms with E-state index in [1.54, 1.807) is 18.2 Å². The van der Waals surface area contributed by atoms with Gasteiger partial charge in [-0.15, -0.1) is 0 Å². The summed E-state index contributed by atoms with van der Waals surface area (Å²) in [5, 5.41) is 2.23. The van der Waals surface area contributed by atoms with E-state index in [4.69, 9.17) is 13.9 Å². The zero-order valence-electron chi connectivity index (χ0n) is 15.4. The first-order valence-corrected chi connectivity index (χ1v) is 8.66. The smallest absolute Gasteiger partial charge is 0.375 e. The summed E-state index contributed by atoms with van der Waals surface area (Å²) in [5.41, 5.74) is -0.224. The monoisotopic (exact) mass is 401 g/mol. The van der Waals surface area contributed by atoms with Crippen LogP contribution >= 0.6 is 0 Å². The Morgan fingerprint density at radius 1 is 1.07 bits per heavy atom. The van der Waals surface area contributed by atoms with E-state index < -0.39 is 29.6 Å². The molecule has 6 nitrogen and oxygen atoms in total. The van der Waals surface area contributed by atoms with Gasteiger partial charge in [0.2, 0.25) is 5.76 Å². The summed E-state index contributed by atoms with van der Waals surface area (Å²) in [6, 6.07) is 14.7. The van der Waals surface area contributed by atoms with E-state index in [0.717, 1.165) is 12.1 Å². The molecule has 1 amide bonds. The van der Waals surface area contributed by atoms with Gasteiger partial charge in [0, 0.05) is 6.07 Å². The van der Waals surface area contributed by atoms with Gasteiger partial charge in [0.15, 0.2) is 6.10 Å². The minimum absolute atomic E-state index is 0.107. The van der Waals surface area contributed by atoms with Gasteiger partial charge in [0.25, 0.3) is 5.91 Å². The van der Waals surface area contributed by atoms with E-state index in [1.807, 2.05) is 18.2 Å². The second kappa shape index (κ2) is 9.01. The van der Waals surface area contributed by atoms with Crippen LogP contribution in [-0.4, -0.2) is 18.0 Å². The summed E-state index contributed by atoms with van der Waals surface area (Å²) in [6.45, 7) is 1.42. The molecule has 29 heavy (non-hydrogen) atoms. The molecule has 0 saturated carbocycles. The van der Waals surface area contributed by atoms with Crippen LogP contribution in [0.15, 0.2) is 65.1 Å². The highest BCUT2D eigenvalue weighted by molar-refractivity contribution is 5.96. The molecule has 0 spiro atoms. The van der Waals surface area contributed by atoms with E-state index in [1.165, 1.54) is 13.0 Å². The standard InChI is InChI=1S/C21H17F2NO5/c1-13(20(25)24-18-9-7-14(22)11-17(18)23)28-21(26)19-10-8-16(29-19)12-27-15-5-3-2-4-6-15/h2-11,13H,12H2,1H3,(H,24,25)/t13-/m1/s1. The lowest BCUT2D eigenvalue weighted by Crippen LogP contribution is -2.30. The number of hydrogen-bond donors (Lipinski definition) is 1. The SMILES string of the molecule is C[C@@H](OC(=O)c1ccc(COc2ccccc2)o1)C(=O)Nc1ccc(F)cc1F. The predicted octanol–water partition coefficient (Wildman–Crippen LogP) is 4.32. The maximum atomic E-state index is 13.6. The fourth-order valence-electron chi connectivity index (χ4n) is 2.33. The highest BCUT2D eigenvalue weighted by Crippen LogP contribution is 2.17. The Balaban J connectivity index is 1.54. The Kier molecular flexibility index (Phi) is 6.23. The molecule has 2 aromatic carbocycles. The van der Waals surface area contributed by atoms with Gasteiger partial charge in [-0.05, 0) is 43.3 Å². The van der Waals surface area contributed by atoms with Crippen molar-refractivity contribution in [2.75, 3.05) is 5.32 Å². The maximum absolute atomic E-state index is 13.6. The number of carbonyl (C=O) groups excluding carboxylic acids is 2. The molecule has 0 aliphatic rings. The maximum Gasteiger partial charge on any atom is 0.375 e. The van der Waals surface area contributed by atoms with Crippen LogP contribution in [0.4, 0.5) is 14.5 Å². The van der Waals surface area contributed by atoms with Gasteiger partial charge in [-0.1, -0.05) is 18.2 Å². The average Bonchev–Trinajstić information content (AvgIpc) is 3.18. The lowest BCUT2D eigenvalue weighted by molar-refractivity contribution is -0.123. The quantitative estimate of drug-likeness (QED) is 0.597. The second-order valence-corrected chi connectivity index (χ2v) is 6.03. The molecule has 0 radical (unpaired) electrons. The summed E-state index contributed by atoms with van der Waals surface area (Å²) < 4.78 is 42.4.